The van der Waals surface area contributed by atoms with Crippen LogP contribution in [-0.2, 0) is 16.1 Å². The van der Waals surface area contributed by atoms with E-state index in [1.807, 2.05) is 0 Å². The van der Waals surface area contributed by atoms with E-state index >= 15 is 0 Å². The van der Waals surface area contributed by atoms with Gasteiger partial charge in [-0.15, -0.1) is 0 Å². The molecule has 1 aliphatic heterocycles. The lowest BCUT2D eigenvalue weighted by molar-refractivity contribution is -0.142. The molecular formula is C15H21NO3. The summed E-state index contributed by atoms with van der Waals surface area (Å²) in [7, 11) is 0. The number of rotatable bonds is 4. The number of aliphatic carboxylic acids is 1. The van der Waals surface area contributed by atoms with Crippen LogP contribution in [0.2, 0.25) is 0 Å². The average Bonchev–Trinajstić information content (AvgIpc) is 2.32. The molecule has 1 saturated heterocycles. The van der Waals surface area contributed by atoms with Crippen molar-refractivity contribution in [3.63, 3.8) is 0 Å². The Balaban J connectivity index is 1.96. The molecule has 4 nitrogen and oxygen atoms in total. The first-order chi connectivity index (χ1) is 9.04. The fourth-order valence-corrected chi connectivity index (χ4v) is 2.51. The summed E-state index contributed by atoms with van der Waals surface area (Å²) >= 11 is 0. The van der Waals surface area contributed by atoms with E-state index in [0.717, 1.165) is 13.1 Å². The maximum absolute atomic E-state index is 10.7. The van der Waals surface area contributed by atoms with Gasteiger partial charge in [0.2, 0.25) is 0 Å². The number of nitrogens with zero attached hydrogens (tertiary/aromatic N) is 1. The van der Waals surface area contributed by atoms with E-state index in [1.165, 1.54) is 16.7 Å². The van der Waals surface area contributed by atoms with Crippen LogP contribution < -0.4 is 0 Å². The Labute approximate surface area is 114 Å². The van der Waals surface area contributed by atoms with Gasteiger partial charge in [0.25, 0.3) is 0 Å². The summed E-state index contributed by atoms with van der Waals surface area (Å²) in [5.41, 5.74) is 3.87. The van der Waals surface area contributed by atoms with Crippen molar-refractivity contribution in [2.45, 2.75) is 32.9 Å². The van der Waals surface area contributed by atoms with Gasteiger partial charge in [-0.3, -0.25) is 9.69 Å². The third-order valence-electron chi connectivity index (χ3n) is 3.52. The van der Waals surface area contributed by atoms with Crippen molar-refractivity contribution < 1.29 is 14.6 Å². The van der Waals surface area contributed by atoms with Gasteiger partial charge in [-0.2, -0.15) is 0 Å². The lowest BCUT2D eigenvalue weighted by Crippen LogP contribution is -2.42. The quantitative estimate of drug-likeness (QED) is 0.902. The zero-order valence-corrected chi connectivity index (χ0v) is 11.6. The summed E-state index contributed by atoms with van der Waals surface area (Å²) in [6.45, 7) is 7.25. The Hall–Kier alpha value is -1.39. The number of carboxylic acid groups (broad SMARTS) is 1. The Morgan fingerprint density at radius 2 is 2.26 bits per heavy atom. The highest BCUT2D eigenvalue weighted by Gasteiger charge is 2.22. The molecule has 1 aromatic rings. The van der Waals surface area contributed by atoms with Gasteiger partial charge in [-0.1, -0.05) is 23.8 Å². The van der Waals surface area contributed by atoms with Crippen LogP contribution in [0.5, 0.6) is 0 Å². The molecule has 104 valence electrons. The molecule has 0 bridgehead atoms. The highest BCUT2D eigenvalue weighted by Crippen LogP contribution is 2.16. The fraction of sp³-hybridized carbons (Fsp3) is 0.533. The van der Waals surface area contributed by atoms with Gasteiger partial charge in [-0.25, -0.2) is 0 Å². The Kier molecular flexibility index (Phi) is 4.56. The van der Waals surface area contributed by atoms with Crippen molar-refractivity contribution in [1.82, 2.24) is 4.90 Å². The van der Waals surface area contributed by atoms with Crippen LogP contribution in [0.15, 0.2) is 18.2 Å². The van der Waals surface area contributed by atoms with Crippen LogP contribution >= 0.6 is 0 Å². The molecule has 1 N–H and O–H groups in total. The summed E-state index contributed by atoms with van der Waals surface area (Å²) in [5.74, 6) is -0.793. The Morgan fingerprint density at radius 3 is 2.95 bits per heavy atom. The van der Waals surface area contributed by atoms with Gasteiger partial charge >= 0.3 is 5.97 Å². The molecule has 1 aromatic carbocycles. The van der Waals surface area contributed by atoms with Gasteiger partial charge in [-0.05, 0) is 25.0 Å². The number of hydrogen-bond acceptors (Lipinski definition) is 3. The average molecular weight is 263 g/mol. The molecular weight excluding hydrogens is 242 g/mol. The molecule has 0 amide bonds. The molecule has 0 radical (unpaired) electrons. The monoisotopic (exact) mass is 263 g/mol. The molecule has 1 fully saturated rings. The van der Waals surface area contributed by atoms with Gasteiger partial charge in [0.1, 0.15) is 0 Å². The zero-order chi connectivity index (χ0) is 13.8. The Morgan fingerprint density at radius 1 is 1.47 bits per heavy atom. The van der Waals surface area contributed by atoms with Crippen LogP contribution in [0.4, 0.5) is 0 Å². The third-order valence-corrected chi connectivity index (χ3v) is 3.52. The van der Waals surface area contributed by atoms with Gasteiger partial charge in [0.15, 0.2) is 0 Å². The van der Waals surface area contributed by atoms with E-state index in [2.05, 4.69) is 36.9 Å². The maximum atomic E-state index is 10.7. The van der Waals surface area contributed by atoms with Crippen LogP contribution in [0.1, 0.15) is 23.1 Å². The number of carboxylic acids is 1. The fourth-order valence-electron chi connectivity index (χ4n) is 2.51. The van der Waals surface area contributed by atoms with Crippen LogP contribution in [-0.4, -0.2) is 41.8 Å². The zero-order valence-electron chi connectivity index (χ0n) is 11.6. The summed E-state index contributed by atoms with van der Waals surface area (Å²) in [5, 5.41) is 8.82. The van der Waals surface area contributed by atoms with Gasteiger partial charge < -0.3 is 9.84 Å². The minimum absolute atomic E-state index is 0.0867. The van der Waals surface area contributed by atoms with Crippen LogP contribution in [0, 0.1) is 13.8 Å². The first-order valence-corrected chi connectivity index (χ1v) is 6.66. The standard InChI is InChI=1S/C15H21NO3/c1-11-3-4-13(12(2)7-11)9-16-5-6-19-14(10-16)8-15(17)18/h3-4,7,14H,5-6,8-10H2,1-2H3,(H,17,18). The van der Waals surface area contributed by atoms with Crippen molar-refractivity contribution in [3.05, 3.63) is 34.9 Å². The van der Waals surface area contributed by atoms with E-state index in [1.54, 1.807) is 0 Å². The number of ether oxygens (including phenoxy) is 1. The third kappa shape index (κ3) is 4.04. The summed E-state index contributed by atoms with van der Waals surface area (Å²) in [6, 6.07) is 6.47. The highest BCUT2D eigenvalue weighted by molar-refractivity contribution is 5.67. The number of hydrogen-bond donors (Lipinski definition) is 1. The van der Waals surface area contributed by atoms with Crippen molar-refractivity contribution in [1.29, 1.82) is 0 Å². The molecule has 1 aliphatic rings. The minimum Gasteiger partial charge on any atom is -0.481 e. The predicted octanol–water partition coefficient (Wildman–Crippen LogP) is 1.98. The van der Waals surface area contributed by atoms with Crippen molar-refractivity contribution in [2.75, 3.05) is 19.7 Å². The molecule has 1 atom stereocenters. The molecule has 0 spiro atoms. The second-order valence-electron chi connectivity index (χ2n) is 5.26. The van der Waals surface area contributed by atoms with Crippen molar-refractivity contribution in [2.24, 2.45) is 0 Å². The van der Waals surface area contributed by atoms with Crippen LogP contribution in [0.25, 0.3) is 0 Å². The smallest absolute Gasteiger partial charge is 0.306 e. The molecule has 4 heteroatoms. The highest BCUT2D eigenvalue weighted by atomic mass is 16.5. The number of benzene rings is 1. The Bertz CT molecular complexity index is 459. The molecule has 19 heavy (non-hydrogen) atoms. The van der Waals surface area contributed by atoms with E-state index in [-0.39, 0.29) is 12.5 Å². The second kappa shape index (κ2) is 6.17. The SMILES string of the molecule is Cc1ccc(CN2CCOC(CC(=O)O)C2)c(C)c1. The van der Waals surface area contributed by atoms with Crippen LogP contribution in [0.3, 0.4) is 0 Å². The molecule has 2 rings (SSSR count). The number of morpholine rings is 1. The molecule has 1 unspecified atom stereocenters. The van der Waals surface area contributed by atoms with Gasteiger partial charge in [0, 0.05) is 19.6 Å². The summed E-state index contributed by atoms with van der Waals surface area (Å²) in [4.78, 5) is 13.0. The van der Waals surface area contributed by atoms with E-state index in [9.17, 15) is 4.79 Å². The molecule has 0 aromatic heterocycles. The molecule has 1 heterocycles. The second-order valence-corrected chi connectivity index (χ2v) is 5.26. The minimum atomic E-state index is -0.793. The summed E-state index contributed by atoms with van der Waals surface area (Å²) in [6.07, 6.45) is -0.0966. The topological polar surface area (TPSA) is 49.8 Å². The normalized spacial score (nSPS) is 20.4. The molecule has 0 saturated carbocycles. The first-order valence-electron chi connectivity index (χ1n) is 6.66. The van der Waals surface area contributed by atoms with Gasteiger partial charge in [0.05, 0.1) is 19.1 Å². The largest absolute Gasteiger partial charge is 0.481 e. The predicted molar refractivity (Wildman–Crippen MR) is 73.2 cm³/mol. The van der Waals surface area contributed by atoms with Crippen molar-refractivity contribution >= 4 is 5.97 Å². The molecule has 0 aliphatic carbocycles. The van der Waals surface area contributed by atoms with E-state index < -0.39 is 5.97 Å². The van der Waals surface area contributed by atoms with E-state index in [0.29, 0.717) is 13.2 Å². The number of aryl methyl sites for hydroxylation is 2. The van der Waals surface area contributed by atoms with E-state index in [4.69, 9.17) is 9.84 Å². The lowest BCUT2D eigenvalue weighted by atomic mass is 10.0. The summed E-state index contributed by atoms with van der Waals surface area (Å²) < 4.78 is 5.48. The lowest BCUT2D eigenvalue weighted by Gasteiger charge is -2.32. The van der Waals surface area contributed by atoms with Crippen molar-refractivity contribution in [3.8, 4) is 0 Å². The first kappa shape index (κ1) is 14.0. The number of carbonyl (C=O) groups is 1. The maximum Gasteiger partial charge on any atom is 0.306 e.